The summed E-state index contributed by atoms with van der Waals surface area (Å²) in [5.74, 6) is -0.633. The molecule has 1 amide bonds. The van der Waals surface area contributed by atoms with Gasteiger partial charge in [-0.3, -0.25) is 14.5 Å². The fourth-order valence-corrected chi connectivity index (χ4v) is 2.78. The van der Waals surface area contributed by atoms with Crippen molar-refractivity contribution in [3.8, 4) is 17.1 Å². The molecule has 0 aliphatic carbocycles. The van der Waals surface area contributed by atoms with Gasteiger partial charge in [0.1, 0.15) is 6.54 Å². The molecule has 3 rings (SSSR count). The Morgan fingerprint density at radius 1 is 1.25 bits per heavy atom. The van der Waals surface area contributed by atoms with E-state index in [9.17, 15) is 18.0 Å². The van der Waals surface area contributed by atoms with E-state index in [2.05, 4.69) is 20.3 Å². The Labute approximate surface area is 163 Å². The number of aromatic nitrogens is 3. The minimum Gasteiger partial charge on any atom is -0.404 e. The number of hydrogen-bond donors (Lipinski definition) is 2. The number of hydrogen-bond acceptors (Lipinski definition) is 4. The lowest BCUT2D eigenvalue weighted by Crippen LogP contribution is -2.22. The molecule has 6 nitrogen and oxygen atoms in total. The molecule has 0 bridgehead atoms. The van der Waals surface area contributed by atoms with Gasteiger partial charge in [-0.05, 0) is 37.3 Å². The second-order valence-corrected chi connectivity index (χ2v) is 6.29. The van der Waals surface area contributed by atoms with Gasteiger partial charge in [-0.1, -0.05) is 35.9 Å². The lowest BCUT2D eigenvalue weighted by Gasteiger charge is -2.14. The number of para-hydroxylation sites is 2. The van der Waals surface area contributed by atoms with Gasteiger partial charge in [-0.2, -0.15) is 5.10 Å². The van der Waals surface area contributed by atoms with Crippen LogP contribution in [0.1, 0.15) is 5.56 Å². The number of nitrogens with zero attached hydrogens (tertiary/aromatic N) is 2. The molecule has 0 saturated carbocycles. The zero-order valence-electron chi connectivity index (χ0n) is 14.6. The molecule has 146 valence electrons. The predicted octanol–water partition coefficient (Wildman–Crippen LogP) is 4.45. The second-order valence-electron chi connectivity index (χ2n) is 5.90. The van der Waals surface area contributed by atoms with E-state index in [1.807, 2.05) is 31.2 Å². The first-order chi connectivity index (χ1) is 13.2. The molecule has 2 N–H and O–H groups in total. The van der Waals surface area contributed by atoms with Gasteiger partial charge in [0.15, 0.2) is 16.3 Å². The van der Waals surface area contributed by atoms with Crippen LogP contribution in [-0.2, 0) is 11.3 Å². The molecule has 0 atom stereocenters. The number of alkyl halides is 3. The smallest absolute Gasteiger partial charge is 0.404 e. The first-order valence-corrected chi connectivity index (χ1v) is 8.50. The molecule has 0 aliphatic rings. The third-order valence-electron chi connectivity index (χ3n) is 3.72. The summed E-state index contributed by atoms with van der Waals surface area (Å²) in [6.45, 7) is 1.68. The molecule has 2 aromatic carbocycles. The molecule has 0 fully saturated rings. The highest BCUT2D eigenvalue weighted by Gasteiger charge is 2.32. The Balaban J connectivity index is 1.82. The first-order valence-electron chi connectivity index (χ1n) is 8.10. The second kappa shape index (κ2) is 7.85. The molecule has 0 radical (unpaired) electrons. The van der Waals surface area contributed by atoms with Crippen LogP contribution in [0.2, 0.25) is 0 Å². The quantitative estimate of drug-likeness (QED) is 0.612. The number of amides is 1. The fraction of sp³-hybridized carbons (Fsp3) is 0.167. The number of carbonyl (C=O) groups excluding carboxylic acids is 1. The molecule has 1 heterocycles. The molecule has 0 unspecified atom stereocenters. The summed E-state index contributed by atoms with van der Waals surface area (Å²) >= 11 is 5.18. The highest BCUT2D eigenvalue weighted by Crippen LogP contribution is 2.30. The standard InChI is InChI=1S/C18H15F3N4O2S/c1-11-5-4-6-12(9-11)16-23-24-17(28)25(16)10-15(26)22-13-7-2-3-8-14(13)27-18(19,20)21/h2-9H,10H2,1H3,(H,22,26)(H,24,28). The van der Waals surface area contributed by atoms with Crippen LogP contribution in [0, 0.1) is 11.7 Å². The van der Waals surface area contributed by atoms with Crippen LogP contribution in [0.3, 0.4) is 0 Å². The SMILES string of the molecule is Cc1cccc(-c2n[nH]c(=S)n2CC(=O)Nc2ccccc2OC(F)(F)F)c1. The van der Waals surface area contributed by atoms with E-state index in [1.165, 1.54) is 22.8 Å². The Bertz CT molecular complexity index is 1060. The van der Waals surface area contributed by atoms with E-state index < -0.39 is 18.0 Å². The first kappa shape index (κ1) is 19.6. The van der Waals surface area contributed by atoms with E-state index in [4.69, 9.17) is 12.2 Å². The number of rotatable bonds is 5. The van der Waals surface area contributed by atoms with Gasteiger partial charge in [0.2, 0.25) is 5.91 Å². The summed E-state index contributed by atoms with van der Waals surface area (Å²) in [5.41, 5.74) is 1.65. The van der Waals surface area contributed by atoms with Gasteiger partial charge >= 0.3 is 6.36 Å². The molecule has 0 spiro atoms. The van der Waals surface area contributed by atoms with Gasteiger partial charge in [0.05, 0.1) is 5.69 Å². The van der Waals surface area contributed by atoms with Crippen molar-refractivity contribution in [3.05, 3.63) is 58.9 Å². The Morgan fingerprint density at radius 2 is 2.00 bits per heavy atom. The monoisotopic (exact) mass is 408 g/mol. The van der Waals surface area contributed by atoms with Crippen molar-refractivity contribution in [3.63, 3.8) is 0 Å². The zero-order valence-corrected chi connectivity index (χ0v) is 15.4. The lowest BCUT2D eigenvalue weighted by molar-refractivity contribution is -0.274. The number of ether oxygens (including phenoxy) is 1. The number of benzene rings is 2. The van der Waals surface area contributed by atoms with Gasteiger partial charge in [-0.15, -0.1) is 13.2 Å². The van der Waals surface area contributed by atoms with Gasteiger partial charge in [0.25, 0.3) is 0 Å². The summed E-state index contributed by atoms with van der Waals surface area (Å²) in [6, 6.07) is 12.8. The number of aryl methyl sites for hydroxylation is 1. The molecular weight excluding hydrogens is 393 g/mol. The fourth-order valence-electron chi connectivity index (χ4n) is 2.59. The highest BCUT2D eigenvalue weighted by molar-refractivity contribution is 7.71. The maximum absolute atomic E-state index is 12.5. The van der Waals surface area contributed by atoms with Crippen molar-refractivity contribution in [2.24, 2.45) is 0 Å². The highest BCUT2D eigenvalue weighted by atomic mass is 32.1. The van der Waals surface area contributed by atoms with E-state index in [1.54, 1.807) is 0 Å². The largest absolute Gasteiger partial charge is 0.573 e. The summed E-state index contributed by atoms with van der Waals surface area (Å²) in [7, 11) is 0. The Kier molecular flexibility index (Phi) is 5.50. The summed E-state index contributed by atoms with van der Waals surface area (Å²) in [5, 5.41) is 9.19. The molecule has 0 saturated heterocycles. The van der Waals surface area contributed by atoms with Crippen LogP contribution in [-0.4, -0.2) is 27.0 Å². The molecule has 10 heteroatoms. The normalized spacial score (nSPS) is 11.3. The third-order valence-corrected chi connectivity index (χ3v) is 4.03. The number of H-pyrrole nitrogens is 1. The van der Waals surface area contributed by atoms with Crippen molar-refractivity contribution in [2.45, 2.75) is 19.8 Å². The Hall–Kier alpha value is -3.14. The minimum atomic E-state index is -4.87. The molecule has 1 aromatic heterocycles. The molecular formula is C18H15F3N4O2S. The van der Waals surface area contributed by atoms with Crippen molar-refractivity contribution in [1.82, 2.24) is 14.8 Å². The van der Waals surface area contributed by atoms with Gasteiger partial charge in [0, 0.05) is 5.56 Å². The van der Waals surface area contributed by atoms with Crippen LogP contribution in [0.4, 0.5) is 18.9 Å². The third kappa shape index (κ3) is 4.77. The van der Waals surface area contributed by atoms with Crippen LogP contribution >= 0.6 is 12.2 Å². The van der Waals surface area contributed by atoms with Crippen LogP contribution in [0.15, 0.2) is 48.5 Å². The van der Waals surface area contributed by atoms with Crippen molar-refractivity contribution < 1.29 is 22.7 Å². The minimum absolute atomic E-state index is 0.100. The van der Waals surface area contributed by atoms with Gasteiger partial charge < -0.3 is 10.1 Å². The lowest BCUT2D eigenvalue weighted by atomic mass is 10.1. The number of nitrogens with one attached hydrogen (secondary N) is 2. The van der Waals surface area contributed by atoms with Crippen molar-refractivity contribution >= 4 is 23.8 Å². The molecule has 28 heavy (non-hydrogen) atoms. The topological polar surface area (TPSA) is 71.9 Å². The number of halogens is 3. The van der Waals surface area contributed by atoms with E-state index in [-0.39, 0.29) is 17.0 Å². The number of carbonyl (C=O) groups is 1. The van der Waals surface area contributed by atoms with Gasteiger partial charge in [-0.25, -0.2) is 0 Å². The molecule has 0 aliphatic heterocycles. The maximum Gasteiger partial charge on any atom is 0.573 e. The van der Waals surface area contributed by atoms with Crippen molar-refractivity contribution in [2.75, 3.05) is 5.32 Å². The van der Waals surface area contributed by atoms with E-state index in [0.717, 1.165) is 17.2 Å². The average molecular weight is 408 g/mol. The Morgan fingerprint density at radius 3 is 2.71 bits per heavy atom. The van der Waals surface area contributed by atoms with Crippen molar-refractivity contribution in [1.29, 1.82) is 0 Å². The zero-order chi connectivity index (χ0) is 20.3. The van der Waals surface area contributed by atoms with E-state index in [0.29, 0.717) is 5.82 Å². The van der Waals surface area contributed by atoms with Crippen LogP contribution in [0.25, 0.3) is 11.4 Å². The maximum atomic E-state index is 12.5. The summed E-state index contributed by atoms with van der Waals surface area (Å²) in [4.78, 5) is 12.4. The summed E-state index contributed by atoms with van der Waals surface area (Å²) < 4.78 is 43.2. The summed E-state index contributed by atoms with van der Waals surface area (Å²) in [6.07, 6.45) is -4.87. The average Bonchev–Trinajstić information content (AvgIpc) is 2.96. The molecule has 3 aromatic rings. The van der Waals surface area contributed by atoms with E-state index >= 15 is 0 Å². The van der Waals surface area contributed by atoms with Crippen LogP contribution in [0.5, 0.6) is 5.75 Å². The predicted molar refractivity (Wildman–Crippen MR) is 99.3 cm³/mol. The number of aromatic amines is 1. The number of anilines is 1. The van der Waals surface area contributed by atoms with Crippen LogP contribution < -0.4 is 10.1 Å².